The summed E-state index contributed by atoms with van der Waals surface area (Å²) in [4.78, 5) is 14.5. The van der Waals surface area contributed by atoms with Crippen molar-refractivity contribution in [2.24, 2.45) is 0 Å². The van der Waals surface area contributed by atoms with Gasteiger partial charge in [0, 0.05) is 18.0 Å². The standard InChI is InChI=1S/C20H23N3OS2/c1-25-20-21-18(23(11-12-24)13-14-7-3-2-4-8-14)17-15-9-5-6-10-16(15)26-19(17)22-20/h2-4,7-8,24H,5-6,9-13H2,1H3. The number of thioether (sulfide) groups is 1. The van der Waals surface area contributed by atoms with Crippen molar-refractivity contribution in [2.75, 3.05) is 24.3 Å². The molecule has 3 aromatic rings. The van der Waals surface area contributed by atoms with Crippen LogP contribution in [-0.4, -0.2) is 34.5 Å². The Balaban J connectivity index is 1.84. The Kier molecular flexibility index (Phi) is 5.43. The second-order valence-electron chi connectivity index (χ2n) is 6.56. The van der Waals surface area contributed by atoms with Gasteiger partial charge in [0.25, 0.3) is 0 Å². The first-order chi connectivity index (χ1) is 12.8. The van der Waals surface area contributed by atoms with Crippen molar-refractivity contribution in [3.05, 3.63) is 46.3 Å². The maximum Gasteiger partial charge on any atom is 0.190 e. The lowest BCUT2D eigenvalue weighted by Crippen LogP contribution is -2.27. The lowest BCUT2D eigenvalue weighted by molar-refractivity contribution is 0.301. The molecule has 4 rings (SSSR count). The lowest BCUT2D eigenvalue weighted by Gasteiger charge is -2.25. The van der Waals surface area contributed by atoms with Crippen LogP contribution in [0, 0.1) is 0 Å². The normalized spacial score (nSPS) is 13.8. The number of fused-ring (bicyclic) bond motifs is 3. The summed E-state index contributed by atoms with van der Waals surface area (Å²) in [5.74, 6) is 0.983. The van der Waals surface area contributed by atoms with Crippen LogP contribution >= 0.6 is 23.1 Å². The highest BCUT2D eigenvalue weighted by molar-refractivity contribution is 7.98. The Bertz CT molecular complexity index is 895. The summed E-state index contributed by atoms with van der Waals surface area (Å²) in [6.07, 6.45) is 6.79. The molecule has 0 fully saturated rings. The van der Waals surface area contributed by atoms with Crippen LogP contribution in [0.5, 0.6) is 0 Å². The molecule has 0 saturated carbocycles. The minimum absolute atomic E-state index is 0.110. The fourth-order valence-electron chi connectivity index (χ4n) is 3.62. The first kappa shape index (κ1) is 17.8. The van der Waals surface area contributed by atoms with Crippen molar-refractivity contribution in [2.45, 2.75) is 37.4 Å². The van der Waals surface area contributed by atoms with Crippen molar-refractivity contribution in [3.8, 4) is 0 Å². The second kappa shape index (κ2) is 7.94. The van der Waals surface area contributed by atoms with E-state index >= 15 is 0 Å². The van der Waals surface area contributed by atoms with Gasteiger partial charge in [0.2, 0.25) is 0 Å². The lowest BCUT2D eigenvalue weighted by atomic mass is 9.97. The van der Waals surface area contributed by atoms with Gasteiger partial charge in [0.05, 0.1) is 12.0 Å². The van der Waals surface area contributed by atoms with Gasteiger partial charge in [-0.3, -0.25) is 0 Å². The quantitative estimate of drug-likeness (QED) is 0.507. The third-order valence-electron chi connectivity index (χ3n) is 4.84. The number of nitrogens with zero attached hydrogens (tertiary/aromatic N) is 3. The first-order valence-corrected chi connectivity index (χ1v) is 11.1. The van der Waals surface area contributed by atoms with Crippen LogP contribution in [0.15, 0.2) is 35.5 Å². The third-order valence-corrected chi connectivity index (χ3v) is 6.58. The van der Waals surface area contributed by atoms with E-state index in [-0.39, 0.29) is 6.61 Å². The Morgan fingerprint density at radius 2 is 1.96 bits per heavy atom. The van der Waals surface area contributed by atoms with E-state index in [1.807, 2.05) is 23.7 Å². The predicted octanol–water partition coefficient (Wildman–Crippen LogP) is 4.29. The van der Waals surface area contributed by atoms with Crippen molar-refractivity contribution in [1.29, 1.82) is 0 Å². The first-order valence-electron chi connectivity index (χ1n) is 9.06. The van der Waals surface area contributed by atoms with Crippen molar-refractivity contribution >= 4 is 39.1 Å². The molecule has 0 bridgehead atoms. The molecule has 0 atom stereocenters. The maximum absolute atomic E-state index is 9.68. The zero-order chi connectivity index (χ0) is 17.9. The molecule has 4 nitrogen and oxygen atoms in total. The van der Waals surface area contributed by atoms with Gasteiger partial charge < -0.3 is 10.0 Å². The van der Waals surface area contributed by atoms with E-state index < -0.39 is 0 Å². The average Bonchev–Trinajstić information content (AvgIpc) is 3.06. The van der Waals surface area contributed by atoms with Crippen molar-refractivity contribution in [1.82, 2.24) is 9.97 Å². The number of thiophene rings is 1. The summed E-state index contributed by atoms with van der Waals surface area (Å²) in [7, 11) is 0. The zero-order valence-electron chi connectivity index (χ0n) is 14.9. The van der Waals surface area contributed by atoms with Crippen LogP contribution < -0.4 is 4.90 Å². The van der Waals surface area contributed by atoms with Gasteiger partial charge in [-0.05, 0) is 43.1 Å². The molecule has 1 aliphatic rings. The Hall–Kier alpha value is -1.63. The summed E-state index contributed by atoms with van der Waals surface area (Å²) in [5.41, 5.74) is 2.66. The maximum atomic E-state index is 9.68. The number of hydrogen-bond donors (Lipinski definition) is 1. The number of aryl methyl sites for hydroxylation is 2. The predicted molar refractivity (Wildman–Crippen MR) is 110 cm³/mol. The molecule has 0 saturated heterocycles. The number of aliphatic hydroxyl groups excluding tert-OH is 1. The molecule has 1 aliphatic carbocycles. The molecule has 26 heavy (non-hydrogen) atoms. The number of benzene rings is 1. The van der Waals surface area contributed by atoms with E-state index in [0.717, 1.165) is 35.2 Å². The Morgan fingerprint density at radius 1 is 1.15 bits per heavy atom. The van der Waals surface area contributed by atoms with Crippen molar-refractivity contribution in [3.63, 3.8) is 0 Å². The fourth-order valence-corrected chi connectivity index (χ4v) is 5.30. The molecule has 0 radical (unpaired) electrons. The smallest absolute Gasteiger partial charge is 0.190 e. The summed E-state index contributed by atoms with van der Waals surface area (Å²) in [6.45, 7) is 1.42. The monoisotopic (exact) mass is 385 g/mol. The highest BCUT2D eigenvalue weighted by Gasteiger charge is 2.23. The van der Waals surface area contributed by atoms with Gasteiger partial charge in [-0.25, -0.2) is 9.97 Å². The van der Waals surface area contributed by atoms with Gasteiger partial charge >= 0.3 is 0 Å². The summed E-state index contributed by atoms with van der Waals surface area (Å²) in [6, 6.07) is 10.4. The van der Waals surface area contributed by atoms with E-state index in [0.29, 0.717) is 6.54 Å². The molecule has 0 amide bonds. The highest BCUT2D eigenvalue weighted by atomic mass is 32.2. The average molecular weight is 386 g/mol. The van der Waals surface area contributed by atoms with Gasteiger partial charge in [-0.15, -0.1) is 11.3 Å². The van der Waals surface area contributed by atoms with Crippen LogP contribution in [-0.2, 0) is 19.4 Å². The number of aromatic nitrogens is 2. The van der Waals surface area contributed by atoms with Gasteiger partial charge in [0.1, 0.15) is 10.6 Å². The molecular weight excluding hydrogens is 362 g/mol. The van der Waals surface area contributed by atoms with E-state index in [4.69, 9.17) is 9.97 Å². The van der Waals surface area contributed by atoms with E-state index in [9.17, 15) is 5.11 Å². The van der Waals surface area contributed by atoms with Crippen LogP contribution in [0.3, 0.4) is 0 Å². The summed E-state index contributed by atoms with van der Waals surface area (Å²) < 4.78 is 0. The minimum Gasteiger partial charge on any atom is -0.395 e. The zero-order valence-corrected chi connectivity index (χ0v) is 16.6. The van der Waals surface area contributed by atoms with E-state index in [1.54, 1.807) is 11.8 Å². The number of rotatable bonds is 6. The molecule has 1 aromatic carbocycles. The van der Waals surface area contributed by atoms with Gasteiger partial charge in [-0.2, -0.15) is 0 Å². The van der Waals surface area contributed by atoms with Crippen LogP contribution in [0.1, 0.15) is 28.8 Å². The number of hydrogen-bond acceptors (Lipinski definition) is 6. The molecule has 2 aromatic heterocycles. The molecule has 2 heterocycles. The SMILES string of the molecule is CSc1nc(N(CCO)Cc2ccccc2)c2c3c(sc2n1)CCCC3. The molecule has 0 aliphatic heterocycles. The molecule has 0 spiro atoms. The molecular formula is C20H23N3OS2. The number of anilines is 1. The summed E-state index contributed by atoms with van der Waals surface area (Å²) in [5, 5.41) is 11.7. The second-order valence-corrected chi connectivity index (χ2v) is 8.41. The molecule has 6 heteroatoms. The van der Waals surface area contributed by atoms with Crippen LogP contribution in [0.4, 0.5) is 5.82 Å². The fraction of sp³-hybridized carbons (Fsp3) is 0.400. The van der Waals surface area contributed by atoms with Crippen LogP contribution in [0.25, 0.3) is 10.2 Å². The van der Waals surface area contributed by atoms with E-state index in [1.165, 1.54) is 34.2 Å². The summed E-state index contributed by atoms with van der Waals surface area (Å²) >= 11 is 3.41. The minimum atomic E-state index is 0.110. The Labute approximate surface area is 162 Å². The van der Waals surface area contributed by atoms with Crippen molar-refractivity contribution < 1.29 is 5.11 Å². The van der Waals surface area contributed by atoms with Crippen LogP contribution in [0.2, 0.25) is 0 Å². The Morgan fingerprint density at radius 3 is 2.73 bits per heavy atom. The van der Waals surface area contributed by atoms with Gasteiger partial charge in [-0.1, -0.05) is 42.1 Å². The molecule has 136 valence electrons. The molecule has 1 N–H and O–H groups in total. The molecule has 0 unspecified atom stereocenters. The third kappa shape index (κ3) is 3.46. The number of aliphatic hydroxyl groups is 1. The van der Waals surface area contributed by atoms with Gasteiger partial charge in [0.15, 0.2) is 5.16 Å². The highest BCUT2D eigenvalue weighted by Crippen LogP contribution is 2.40. The van der Waals surface area contributed by atoms with E-state index in [2.05, 4.69) is 29.2 Å². The largest absolute Gasteiger partial charge is 0.395 e. The topological polar surface area (TPSA) is 49.2 Å².